The molecule has 4 nitrogen and oxygen atoms in total. The van der Waals surface area contributed by atoms with Gasteiger partial charge in [0.1, 0.15) is 5.82 Å². The molecular weight excluding hydrogens is 286 g/mol. The lowest BCUT2D eigenvalue weighted by Gasteiger charge is -2.35. The monoisotopic (exact) mass is 305 g/mol. The quantitative estimate of drug-likeness (QED) is 0.730. The van der Waals surface area contributed by atoms with Gasteiger partial charge in [-0.05, 0) is 24.6 Å². The van der Waals surface area contributed by atoms with Crippen molar-refractivity contribution >= 4 is 10.9 Å². The van der Waals surface area contributed by atoms with Gasteiger partial charge < -0.3 is 0 Å². The average Bonchev–Trinajstić information content (AvgIpc) is 2.59. The molecule has 0 saturated carbocycles. The highest BCUT2D eigenvalue weighted by atomic mass is 16.1. The zero-order valence-electron chi connectivity index (χ0n) is 13.1. The molecule has 4 rings (SSSR count). The van der Waals surface area contributed by atoms with Crippen LogP contribution in [0.15, 0.2) is 59.4 Å². The van der Waals surface area contributed by atoms with Crippen molar-refractivity contribution in [2.75, 3.05) is 6.54 Å². The zero-order valence-corrected chi connectivity index (χ0v) is 13.1. The van der Waals surface area contributed by atoms with Gasteiger partial charge in [-0.3, -0.25) is 14.3 Å². The van der Waals surface area contributed by atoms with E-state index in [4.69, 9.17) is 4.98 Å². The van der Waals surface area contributed by atoms with Crippen LogP contribution < -0.4 is 5.56 Å². The number of rotatable bonds is 2. The molecule has 1 aliphatic heterocycles. The molecule has 0 radical (unpaired) electrons. The summed E-state index contributed by atoms with van der Waals surface area (Å²) in [5, 5.41) is 0.708. The van der Waals surface area contributed by atoms with Crippen LogP contribution in [0.1, 0.15) is 24.4 Å². The summed E-state index contributed by atoms with van der Waals surface area (Å²) in [5.41, 5.74) is 2.16. The first-order valence-corrected chi connectivity index (χ1v) is 8.01. The number of para-hydroxylation sites is 1. The summed E-state index contributed by atoms with van der Waals surface area (Å²) >= 11 is 0. The van der Waals surface area contributed by atoms with Gasteiger partial charge in [-0.2, -0.15) is 0 Å². The number of benzene rings is 2. The Labute approximate surface area is 135 Å². The van der Waals surface area contributed by atoms with E-state index in [-0.39, 0.29) is 11.6 Å². The minimum atomic E-state index is 0.0804. The molecule has 1 aromatic heterocycles. The lowest BCUT2D eigenvalue weighted by Crippen LogP contribution is -2.42. The summed E-state index contributed by atoms with van der Waals surface area (Å²) in [6.07, 6.45) is 0. The van der Waals surface area contributed by atoms with Gasteiger partial charge in [0, 0.05) is 19.6 Å². The maximum absolute atomic E-state index is 12.7. The van der Waals surface area contributed by atoms with Gasteiger partial charge in [-0.1, -0.05) is 42.5 Å². The van der Waals surface area contributed by atoms with E-state index in [0.717, 1.165) is 24.4 Å². The van der Waals surface area contributed by atoms with Crippen LogP contribution in [0.25, 0.3) is 10.9 Å². The lowest BCUT2D eigenvalue weighted by atomic mass is 10.1. The van der Waals surface area contributed by atoms with Gasteiger partial charge in [0.25, 0.3) is 5.56 Å². The number of nitrogens with zero attached hydrogens (tertiary/aromatic N) is 3. The topological polar surface area (TPSA) is 38.1 Å². The maximum atomic E-state index is 12.7. The van der Waals surface area contributed by atoms with Crippen molar-refractivity contribution in [3.05, 3.63) is 76.3 Å². The van der Waals surface area contributed by atoms with E-state index in [1.807, 2.05) is 34.9 Å². The molecule has 1 unspecified atom stereocenters. The first-order chi connectivity index (χ1) is 11.2. The number of fused-ring (bicyclic) bond motifs is 2. The fourth-order valence-corrected chi connectivity index (χ4v) is 3.34. The van der Waals surface area contributed by atoms with E-state index in [2.05, 4.69) is 36.1 Å². The summed E-state index contributed by atoms with van der Waals surface area (Å²) in [5.74, 6) is 0.871. The molecule has 23 heavy (non-hydrogen) atoms. The Bertz CT molecular complexity index is 901. The van der Waals surface area contributed by atoms with E-state index in [9.17, 15) is 4.79 Å². The van der Waals surface area contributed by atoms with Gasteiger partial charge in [-0.15, -0.1) is 0 Å². The molecule has 1 atom stereocenters. The highest BCUT2D eigenvalue weighted by Gasteiger charge is 2.26. The van der Waals surface area contributed by atoms with E-state index < -0.39 is 0 Å². The molecule has 0 N–H and O–H groups in total. The Kier molecular flexibility index (Phi) is 3.46. The highest BCUT2D eigenvalue weighted by Crippen LogP contribution is 2.25. The predicted octanol–water partition coefficient (Wildman–Crippen LogP) is 2.97. The second kappa shape index (κ2) is 5.63. The van der Waals surface area contributed by atoms with E-state index >= 15 is 0 Å². The minimum absolute atomic E-state index is 0.0804. The van der Waals surface area contributed by atoms with Crippen LogP contribution in [0, 0.1) is 0 Å². The van der Waals surface area contributed by atoms with E-state index in [1.54, 1.807) is 0 Å². The summed E-state index contributed by atoms with van der Waals surface area (Å²) < 4.78 is 1.84. The van der Waals surface area contributed by atoms with Gasteiger partial charge in [0.05, 0.1) is 16.9 Å². The molecule has 0 amide bonds. The van der Waals surface area contributed by atoms with Crippen LogP contribution in [-0.4, -0.2) is 21.0 Å². The molecule has 2 aromatic carbocycles. The first kappa shape index (κ1) is 14.2. The van der Waals surface area contributed by atoms with E-state index in [0.29, 0.717) is 11.9 Å². The summed E-state index contributed by atoms with van der Waals surface area (Å²) in [4.78, 5) is 19.8. The Hall–Kier alpha value is -2.46. The number of hydrogen-bond donors (Lipinski definition) is 0. The standard InChI is InChI=1S/C19H19N3O/c1-14-18-20-17-10-6-5-9-16(17)19(23)22(18)12-11-21(14)13-15-7-3-2-4-8-15/h2-10,14H,11-13H2,1H3. The summed E-state index contributed by atoms with van der Waals surface area (Å²) in [6.45, 7) is 4.58. The third kappa shape index (κ3) is 2.45. The molecule has 1 aliphatic rings. The summed E-state index contributed by atoms with van der Waals surface area (Å²) in [7, 11) is 0. The second-order valence-electron chi connectivity index (χ2n) is 6.08. The molecular formula is C19H19N3O. The van der Waals surface area contributed by atoms with Gasteiger partial charge >= 0.3 is 0 Å². The molecule has 116 valence electrons. The van der Waals surface area contributed by atoms with Crippen molar-refractivity contribution in [3.63, 3.8) is 0 Å². The third-order valence-electron chi connectivity index (χ3n) is 4.65. The number of hydrogen-bond acceptors (Lipinski definition) is 3. The highest BCUT2D eigenvalue weighted by molar-refractivity contribution is 5.77. The van der Waals surface area contributed by atoms with Crippen LogP contribution in [-0.2, 0) is 13.1 Å². The molecule has 4 heteroatoms. The van der Waals surface area contributed by atoms with Gasteiger partial charge in [0.15, 0.2) is 0 Å². The Balaban J connectivity index is 1.74. The molecule has 2 heterocycles. The minimum Gasteiger partial charge on any atom is -0.294 e. The van der Waals surface area contributed by atoms with Crippen LogP contribution >= 0.6 is 0 Å². The van der Waals surface area contributed by atoms with Crippen LogP contribution in [0.5, 0.6) is 0 Å². The maximum Gasteiger partial charge on any atom is 0.261 e. The first-order valence-electron chi connectivity index (χ1n) is 8.01. The van der Waals surface area contributed by atoms with Crippen LogP contribution in [0.3, 0.4) is 0 Å². The second-order valence-corrected chi connectivity index (χ2v) is 6.08. The van der Waals surface area contributed by atoms with Gasteiger partial charge in [-0.25, -0.2) is 4.98 Å². The predicted molar refractivity (Wildman–Crippen MR) is 91.3 cm³/mol. The lowest BCUT2D eigenvalue weighted by molar-refractivity contribution is 0.153. The fourth-order valence-electron chi connectivity index (χ4n) is 3.34. The molecule has 0 fully saturated rings. The average molecular weight is 305 g/mol. The van der Waals surface area contributed by atoms with E-state index in [1.165, 1.54) is 5.56 Å². The van der Waals surface area contributed by atoms with Crippen molar-refractivity contribution in [1.82, 2.24) is 14.5 Å². The smallest absolute Gasteiger partial charge is 0.261 e. The molecule has 0 saturated heterocycles. The van der Waals surface area contributed by atoms with Crippen molar-refractivity contribution < 1.29 is 0 Å². The molecule has 0 aliphatic carbocycles. The fraction of sp³-hybridized carbons (Fsp3) is 0.263. The largest absolute Gasteiger partial charge is 0.294 e. The third-order valence-corrected chi connectivity index (χ3v) is 4.65. The zero-order chi connectivity index (χ0) is 15.8. The SMILES string of the molecule is CC1c2nc3ccccc3c(=O)n2CCN1Cc1ccccc1. The molecule has 0 bridgehead atoms. The van der Waals surface area contributed by atoms with Gasteiger partial charge in [0.2, 0.25) is 0 Å². The Morgan fingerprint density at radius 2 is 1.78 bits per heavy atom. The van der Waals surface area contributed by atoms with Crippen molar-refractivity contribution in [1.29, 1.82) is 0 Å². The molecule has 3 aromatic rings. The van der Waals surface area contributed by atoms with Crippen molar-refractivity contribution in [3.8, 4) is 0 Å². The number of aromatic nitrogens is 2. The van der Waals surface area contributed by atoms with Crippen LogP contribution in [0.4, 0.5) is 0 Å². The van der Waals surface area contributed by atoms with Crippen LogP contribution in [0.2, 0.25) is 0 Å². The summed E-state index contributed by atoms with van der Waals surface area (Å²) in [6, 6.07) is 18.2. The normalized spacial score (nSPS) is 18.0. The van der Waals surface area contributed by atoms with Crippen molar-refractivity contribution in [2.45, 2.75) is 26.1 Å². The Morgan fingerprint density at radius 3 is 2.61 bits per heavy atom. The molecule has 0 spiro atoms. The van der Waals surface area contributed by atoms with Crippen molar-refractivity contribution in [2.24, 2.45) is 0 Å². The Morgan fingerprint density at radius 1 is 1.04 bits per heavy atom.